The topological polar surface area (TPSA) is 123 Å². The third kappa shape index (κ3) is 6.12. The zero-order chi connectivity index (χ0) is 24.8. The first-order chi connectivity index (χ1) is 16.9. The Bertz CT molecular complexity index is 1170. The number of carbonyl (C=O) groups is 4. The van der Waals surface area contributed by atoms with Crippen LogP contribution in [-0.4, -0.2) is 60.4 Å². The van der Waals surface area contributed by atoms with E-state index in [1.165, 1.54) is 6.92 Å². The van der Waals surface area contributed by atoms with Crippen molar-refractivity contribution in [3.05, 3.63) is 59.0 Å². The highest BCUT2D eigenvalue weighted by molar-refractivity contribution is 8.18. The van der Waals surface area contributed by atoms with Gasteiger partial charge in [0.15, 0.2) is 18.1 Å². The van der Waals surface area contributed by atoms with Gasteiger partial charge in [0.25, 0.3) is 17.1 Å². The van der Waals surface area contributed by atoms with Gasteiger partial charge >= 0.3 is 0 Å². The van der Waals surface area contributed by atoms with Gasteiger partial charge in [0.1, 0.15) is 11.8 Å². The molecule has 0 aliphatic carbocycles. The number of amides is 4. The van der Waals surface area contributed by atoms with Gasteiger partial charge in [-0.2, -0.15) is 0 Å². The van der Waals surface area contributed by atoms with E-state index < -0.39 is 29.0 Å². The minimum absolute atomic E-state index is 0.00662. The summed E-state index contributed by atoms with van der Waals surface area (Å²) in [7, 11) is 0. The van der Waals surface area contributed by atoms with Gasteiger partial charge in [-0.15, -0.1) is 0 Å². The Balaban J connectivity index is 1.22. The van der Waals surface area contributed by atoms with Crippen LogP contribution in [0.25, 0.3) is 6.08 Å². The number of imide groups is 1. The van der Waals surface area contributed by atoms with Crippen LogP contribution in [0, 0.1) is 0 Å². The number of hydrogen-bond donors (Lipinski definition) is 2. The first kappa shape index (κ1) is 24.1. The number of benzene rings is 2. The van der Waals surface area contributed by atoms with Crippen LogP contribution in [-0.2, 0) is 14.4 Å². The molecule has 11 heteroatoms. The molecule has 4 amide bonds. The third-order valence-electron chi connectivity index (χ3n) is 5.09. The van der Waals surface area contributed by atoms with E-state index >= 15 is 0 Å². The van der Waals surface area contributed by atoms with E-state index in [1.807, 2.05) is 6.07 Å². The van der Waals surface area contributed by atoms with E-state index in [1.54, 1.807) is 48.5 Å². The Morgan fingerprint density at radius 2 is 1.91 bits per heavy atom. The number of hydrogen-bond acceptors (Lipinski definition) is 8. The molecule has 2 N–H and O–H groups in total. The van der Waals surface area contributed by atoms with E-state index in [9.17, 15) is 19.2 Å². The Kier molecular flexibility index (Phi) is 7.56. The molecule has 4 rings (SSSR count). The minimum atomic E-state index is -0.817. The number of ether oxygens (including phenoxy) is 3. The van der Waals surface area contributed by atoms with Crippen molar-refractivity contribution in [2.24, 2.45) is 0 Å². The first-order valence-electron chi connectivity index (χ1n) is 10.8. The molecule has 2 aromatic rings. The number of nitrogens with one attached hydrogen (secondary N) is 2. The second kappa shape index (κ2) is 11.0. The van der Waals surface area contributed by atoms with E-state index in [0.717, 1.165) is 16.7 Å². The van der Waals surface area contributed by atoms with E-state index in [-0.39, 0.29) is 31.4 Å². The lowest BCUT2D eigenvalue weighted by Gasteiger charge is -2.16. The number of thioether (sulfide) groups is 1. The van der Waals surface area contributed by atoms with Crippen LogP contribution in [0.1, 0.15) is 12.5 Å². The van der Waals surface area contributed by atoms with E-state index in [2.05, 4.69) is 10.6 Å². The Hall–Kier alpha value is -3.99. The highest BCUT2D eigenvalue weighted by Crippen LogP contribution is 2.36. The molecule has 2 aliphatic rings. The van der Waals surface area contributed by atoms with Gasteiger partial charge in [-0.25, -0.2) is 0 Å². The summed E-state index contributed by atoms with van der Waals surface area (Å²) < 4.78 is 15.9. The summed E-state index contributed by atoms with van der Waals surface area (Å²) in [5.74, 6) is 0.418. The second-order valence-corrected chi connectivity index (χ2v) is 8.62. The van der Waals surface area contributed by atoms with Gasteiger partial charge in [-0.1, -0.05) is 24.3 Å². The molecule has 0 bridgehead atoms. The summed E-state index contributed by atoms with van der Waals surface area (Å²) in [6, 6.07) is 13.3. The van der Waals surface area contributed by atoms with Gasteiger partial charge in [0, 0.05) is 13.1 Å². The number of fused-ring (bicyclic) bond motifs is 1. The molecule has 2 heterocycles. The molecule has 1 atom stereocenters. The predicted molar refractivity (Wildman–Crippen MR) is 128 cm³/mol. The predicted octanol–water partition coefficient (Wildman–Crippen LogP) is 2.15. The molecular weight excluding hydrogens is 474 g/mol. The maximum Gasteiger partial charge on any atom is 0.293 e. The average Bonchev–Trinajstić information content (AvgIpc) is 3.42. The van der Waals surface area contributed by atoms with Crippen LogP contribution >= 0.6 is 11.8 Å². The lowest BCUT2D eigenvalue weighted by molar-refractivity contribution is -0.129. The summed E-state index contributed by atoms with van der Waals surface area (Å²) in [4.78, 5) is 50.6. The largest absolute Gasteiger partial charge is 0.484 e. The summed E-state index contributed by atoms with van der Waals surface area (Å²) in [6.45, 7) is 1.50. The molecule has 10 nitrogen and oxygen atoms in total. The van der Waals surface area contributed by atoms with Crippen molar-refractivity contribution in [2.45, 2.75) is 13.0 Å². The monoisotopic (exact) mass is 497 g/mol. The van der Waals surface area contributed by atoms with Crippen molar-refractivity contribution >= 4 is 40.8 Å². The fourth-order valence-electron chi connectivity index (χ4n) is 3.31. The number of para-hydroxylation sites is 1. The number of rotatable bonds is 9. The van der Waals surface area contributed by atoms with Crippen molar-refractivity contribution in [2.75, 3.05) is 26.5 Å². The van der Waals surface area contributed by atoms with Gasteiger partial charge in [-0.05, 0) is 54.6 Å². The fourth-order valence-corrected chi connectivity index (χ4v) is 4.17. The maximum absolute atomic E-state index is 12.7. The lowest BCUT2D eigenvalue weighted by Crippen LogP contribution is -2.48. The molecule has 0 radical (unpaired) electrons. The van der Waals surface area contributed by atoms with Crippen LogP contribution in [0.5, 0.6) is 17.2 Å². The summed E-state index contributed by atoms with van der Waals surface area (Å²) in [5.41, 5.74) is 0.703. The molecule has 35 heavy (non-hydrogen) atoms. The normalized spacial score (nSPS) is 16.4. The highest BCUT2D eigenvalue weighted by Gasteiger charge is 2.34. The van der Waals surface area contributed by atoms with Gasteiger partial charge < -0.3 is 24.8 Å². The molecule has 1 saturated heterocycles. The average molecular weight is 498 g/mol. The standard InChI is InChI=1S/C24H23N3O7S/c1-15(26-21(28)13-32-17-5-3-2-4-6-17)22(29)25-9-10-27-23(30)20(35-24(27)31)12-16-7-8-18-19(11-16)34-14-33-18/h2-8,11-12,15H,9-10,13-14H2,1H3,(H,25,29)(H,26,28)/b20-12-. The molecule has 1 unspecified atom stereocenters. The van der Waals surface area contributed by atoms with Crippen molar-refractivity contribution in [3.8, 4) is 17.2 Å². The minimum Gasteiger partial charge on any atom is -0.484 e. The van der Waals surface area contributed by atoms with Crippen molar-refractivity contribution in [3.63, 3.8) is 0 Å². The quantitative estimate of drug-likeness (QED) is 0.505. The van der Waals surface area contributed by atoms with Crippen LogP contribution in [0.3, 0.4) is 0 Å². The van der Waals surface area contributed by atoms with Crippen molar-refractivity contribution in [1.29, 1.82) is 0 Å². The van der Waals surface area contributed by atoms with Gasteiger partial charge in [-0.3, -0.25) is 24.1 Å². The van der Waals surface area contributed by atoms with Gasteiger partial charge in [0.2, 0.25) is 12.7 Å². The van der Waals surface area contributed by atoms with Crippen molar-refractivity contribution in [1.82, 2.24) is 15.5 Å². The zero-order valence-corrected chi connectivity index (χ0v) is 19.6. The summed E-state index contributed by atoms with van der Waals surface area (Å²) in [6.07, 6.45) is 1.61. The molecule has 0 aromatic heterocycles. The molecule has 1 fully saturated rings. The summed E-state index contributed by atoms with van der Waals surface area (Å²) >= 11 is 0.830. The smallest absolute Gasteiger partial charge is 0.293 e. The Morgan fingerprint density at radius 3 is 2.71 bits per heavy atom. The summed E-state index contributed by atoms with van der Waals surface area (Å²) in [5, 5.41) is 4.74. The molecule has 182 valence electrons. The Labute approximate surface area is 205 Å². The molecule has 0 spiro atoms. The van der Waals surface area contributed by atoms with Gasteiger partial charge in [0.05, 0.1) is 4.91 Å². The van der Waals surface area contributed by atoms with Crippen LogP contribution in [0.4, 0.5) is 4.79 Å². The fraction of sp³-hybridized carbons (Fsp3) is 0.250. The Morgan fingerprint density at radius 1 is 1.14 bits per heavy atom. The maximum atomic E-state index is 12.7. The first-order valence-corrected chi connectivity index (χ1v) is 11.6. The third-order valence-corrected chi connectivity index (χ3v) is 5.99. The molecular formula is C24H23N3O7S. The second-order valence-electron chi connectivity index (χ2n) is 7.63. The van der Waals surface area contributed by atoms with E-state index in [0.29, 0.717) is 22.8 Å². The van der Waals surface area contributed by atoms with E-state index in [4.69, 9.17) is 14.2 Å². The highest BCUT2D eigenvalue weighted by atomic mass is 32.2. The number of nitrogens with zero attached hydrogens (tertiary/aromatic N) is 1. The lowest BCUT2D eigenvalue weighted by atomic mass is 10.2. The zero-order valence-electron chi connectivity index (χ0n) is 18.8. The molecule has 0 saturated carbocycles. The van der Waals surface area contributed by atoms with Crippen LogP contribution in [0.2, 0.25) is 0 Å². The SMILES string of the molecule is CC(NC(=O)COc1ccccc1)C(=O)NCCN1C(=O)S/C(=C\c2ccc3c(c2)OCO3)C1=O. The van der Waals surface area contributed by atoms with Crippen molar-refractivity contribution < 1.29 is 33.4 Å². The number of carbonyl (C=O) groups excluding carboxylic acids is 4. The van der Waals surface area contributed by atoms with Crippen LogP contribution < -0.4 is 24.8 Å². The molecule has 2 aliphatic heterocycles. The van der Waals surface area contributed by atoms with Crippen LogP contribution in [0.15, 0.2) is 53.4 Å². The molecule has 2 aromatic carbocycles.